The number of aliphatic hydroxyl groups excluding tert-OH is 1. The fourth-order valence-corrected chi connectivity index (χ4v) is 4.92. The molecule has 4 atom stereocenters. The zero-order valence-corrected chi connectivity index (χ0v) is 18.1. The Morgan fingerprint density at radius 2 is 1.77 bits per heavy atom. The van der Waals surface area contributed by atoms with Crippen LogP contribution in [0.25, 0.3) is 0 Å². The van der Waals surface area contributed by atoms with E-state index in [1.165, 1.54) is 6.07 Å². The summed E-state index contributed by atoms with van der Waals surface area (Å²) in [5, 5.41) is 23.5. The number of nitrogens with one attached hydrogen (secondary N) is 1. The maximum Gasteiger partial charge on any atom is 0.327 e. The molecule has 31 heavy (non-hydrogen) atoms. The van der Waals surface area contributed by atoms with Crippen LogP contribution >= 0.6 is 11.6 Å². The van der Waals surface area contributed by atoms with Crippen LogP contribution < -0.4 is 10.2 Å². The van der Waals surface area contributed by atoms with Crippen molar-refractivity contribution in [2.75, 3.05) is 11.5 Å². The van der Waals surface area contributed by atoms with Crippen molar-refractivity contribution in [1.29, 1.82) is 0 Å². The highest BCUT2D eigenvalue weighted by Gasteiger charge is 2.68. The second kappa shape index (κ2) is 7.44. The molecule has 2 aromatic carbocycles. The molecule has 2 heterocycles. The first-order chi connectivity index (χ1) is 14.6. The van der Waals surface area contributed by atoms with E-state index in [2.05, 4.69) is 5.32 Å². The van der Waals surface area contributed by atoms with Crippen LogP contribution in [0.5, 0.6) is 0 Å². The normalized spacial score (nSPS) is 27.6. The lowest BCUT2D eigenvalue weighted by atomic mass is 9.79. The molecule has 4 unspecified atom stereocenters. The first-order valence-corrected chi connectivity index (χ1v) is 10.3. The van der Waals surface area contributed by atoms with Gasteiger partial charge in [-0.3, -0.25) is 19.7 Å². The van der Waals surface area contributed by atoms with Crippen molar-refractivity contribution < 1.29 is 24.6 Å². The van der Waals surface area contributed by atoms with Crippen molar-refractivity contribution in [3.63, 3.8) is 0 Å². The van der Waals surface area contributed by atoms with E-state index in [1.54, 1.807) is 19.1 Å². The van der Waals surface area contributed by atoms with Crippen LogP contribution in [0.4, 0.5) is 5.69 Å². The number of aliphatic carboxylic acids is 1. The lowest BCUT2D eigenvalue weighted by molar-refractivity contribution is -0.150. The maximum absolute atomic E-state index is 13.5. The van der Waals surface area contributed by atoms with Gasteiger partial charge in [-0.15, -0.1) is 0 Å². The number of halogens is 1. The van der Waals surface area contributed by atoms with Gasteiger partial charge in [-0.05, 0) is 49.6 Å². The molecule has 3 N–H and O–H groups in total. The van der Waals surface area contributed by atoms with Gasteiger partial charge in [0.25, 0.3) is 0 Å². The molecule has 2 aliphatic heterocycles. The Morgan fingerprint density at radius 3 is 2.39 bits per heavy atom. The van der Waals surface area contributed by atoms with Gasteiger partial charge in [0.05, 0.1) is 24.1 Å². The van der Waals surface area contributed by atoms with Gasteiger partial charge in [0, 0.05) is 11.1 Å². The van der Waals surface area contributed by atoms with Gasteiger partial charge in [-0.1, -0.05) is 41.4 Å². The molecule has 2 aromatic rings. The van der Waals surface area contributed by atoms with E-state index >= 15 is 0 Å². The summed E-state index contributed by atoms with van der Waals surface area (Å²) in [6.45, 7) is 4.74. The monoisotopic (exact) mass is 442 g/mol. The van der Waals surface area contributed by atoms with Gasteiger partial charge in [0.2, 0.25) is 11.8 Å². The van der Waals surface area contributed by atoms with Crippen LogP contribution in [0.15, 0.2) is 36.4 Å². The largest absolute Gasteiger partial charge is 0.480 e. The van der Waals surface area contributed by atoms with Crippen LogP contribution in [0.2, 0.25) is 5.02 Å². The standard InChI is InChI=1S/C23H23ClN2O5/c1-11-4-5-12(2)15(8-11)19-17-18(23(10-27,25-19)22(30)31)21(29)26(20(17)28)14-7-6-13(3)16(24)9-14/h4-9,17-19,25,27H,10H2,1-3H3,(H,30,31). The van der Waals surface area contributed by atoms with E-state index in [1.807, 2.05) is 32.0 Å². The highest BCUT2D eigenvalue weighted by atomic mass is 35.5. The molecule has 0 spiro atoms. The number of benzene rings is 2. The summed E-state index contributed by atoms with van der Waals surface area (Å²) >= 11 is 6.21. The minimum absolute atomic E-state index is 0.289. The van der Waals surface area contributed by atoms with Crippen LogP contribution in [-0.2, 0) is 14.4 Å². The van der Waals surface area contributed by atoms with E-state index in [0.717, 1.165) is 27.2 Å². The van der Waals surface area contributed by atoms with Crippen LogP contribution in [0.3, 0.4) is 0 Å². The molecule has 4 rings (SSSR count). The number of amides is 2. The van der Waals surface area contributed by atoms with Gasteiger partial charge < -0.3 is 10.2 Å². The van der Waals surface area contributed by atoms with Crippen molar-refractivity contribution >= 4 is 35.1 Å². The number of hydrogen-bond donors (Lipinski definition) is 3. The Hall–Kier alpha value is -2.74. The minimum Gasteiger partial charge on any atom is -0.480 e. The van der Waals surface area contributed by atoms with Crippen LogP contribution in [-0.4, -0.2) is 40.1 Å². The number of fused-ring (bicyclic) bond motifs is 1. The molecule has 8 heteroatoms. The van der Waals surface area contributed by atoms with Crippen molar-refractivity contribution in [1.82, 2.24) is 5.32 Å². The summed E-state index contributed by atoms with van der Waals surface area (Å²) in [5.74, 6) is -4.77. The molecule has 2 aliphatic rings. The van der Waals surface area contributed by atoms with Crippen molar-refractivity contribution in [2.45, 2.75) is 32.4 Å². The molecule has 2 fully saturated rings. The Labute approximate surface area is 184 Å². The summed E-state index contributed by atoms with van der Waals surface area (Å²) in [7, 11) is 0. The third-order valence-electron chi connectivity index (χ3n) is 6.47. The molecular formula is C23H23ClN2O5. The van der Waals surface area contributed by atoms with Gasteiger partial charge in [0.15, 0.2) is 5.54 Å². The van der Waals surface area contributed by atoms with Crippen LogP contribution in [0, 0.1) is 32.6 Å². The van der Waals surface area contributed by atoms with Gasteiger partial charge in [0.1, 0.15) is 0 Å². The summed E-state index contributed by atoms with van der Waals surface area (Å²) in [4.78, 5) is 40.3. The van der Waals surface area contributed by atoms with Crippen LogP contribution in [0.1, 0.15) is 28.3 Å². The molecule has 162 valence electrons. The number of carbonyl (C=O) groups is 3. The number of imide groups is 1. The van der Waals surface area contributed by atoms with Crippen molar-refractivity contribution in [3.8, 4) is 0 Å². The highest BCUT2D eigenvalue weighted by Crippen LogP contribution is 2.50. The minimum atomic E-state index is -1.97. The predicted molar refractivity (Wildman–Crippen MR) is 115 cm³/mol. The molecule has 0 aliphatic carbocycles. The molecule has 2 saturated heterocycles. The average Bonchev–Trinajstić information content (AvgIpc) is 3.21. The summed E-state index contributed by atoms with van der Waals surface area (Å²) in [6.07, 6.45) is 0. The second-order valence-electron chi connectivity index (χ2n) is 8.37. The highest BCUT2D eigenvalue weighted by molar-refractivity contribution is 6.32. The van der Waals surface area contributed by atoms with E-state index in [0.29, 0.717) is 5.02 Å². The third-order valence-corrected chi connectivity index (χ3v) is 6.88. The van der Waals surface area contributed by atoms with Gasteiger partial charge in [-0.2, -0.15) is 0 Å². The molecule has 0 bridgehead atoms. The SMILES string of the molecule is Cc1ccc(C)c(C2NC(CO)(C(=O)O)C3C(=O)N(c4ccc(C)c(Cl)c4)C(=O)C23)c1. The van der Waals surface area contributed by atoms with E-state index in [9.17, 15) is 24.6 Å². The van der Waals surface area contributed by atoms with Crippen molar-refractivity contribution in [2.24, 2.45) is 11.8 Å². The summed E-state index contributed by atoms with van der Waals surface area (Å²) in [6, 6.07) is 9.78. The second-order valence-corrected chi connectivity index (χ2v) is 8.77. The predicted octanol–water partition coefficient (Wildman–Crippen LogP) is 2.53. The smallest absolute Gasteiger partial charge is 0.327 e. The number of carbonyl (C=O) groups excluding carboxylic acids is 2. The zero-order valence-electron chi connectivity index (χ0n) is 17.3. The first-order valence-electron chi connectivity index (χ1n) is 9.95. The number of rotatable bonds is 4. The molecule has 7 nitrogen and oxygen atoms in total. The van der Waals surface area contributed by atoms with E-state index in [4.69, 9.17) is 11.6 Å². The number of aliphatic hydroxyl groups is 1. The number of anilines is 1. The van der Waals surface area contributed by atoms with Gasteiger partial charge in [-0.25, -0.2) is 4.90 Å². The number of aryl methyl sites for hydroxylation is 3. The molecule has 2 amide bonds. The lowest BCUT2D eigenvalue weighted by Crippen LogP contribution is -2.58. The summed E-state index contributed by atoms with van der Waals surface area (Å²) in [5.41, 5.74) is 1.64. The zero-order chi connectivity index (χ0) is 22.7. The molecule has 0 saturated carbocycles. The molecule has 0 aromatic heterocycles. The van der Waals surface area contributed by atoms with E-state index in [-0.39, 0.29) is 5.69 Å². The Bertz CT molecular complexity index is 1120. The number of nitrogens with zero attached hydrogens (tertiary/aromatic N) is 1. The van der Waals surface area contributed by atoms with Gasteiger partial charge >= 0.3 is 5.97 Å². The first kappa shape index (κ1) is 21.5. The molecule has 0 radical (unpaired) electrons. The quantitative estimate of drug-likeness (QED) is 0.628. The summed E-state index contributed by atoms with van der Waals surface area (Å²) < 4.78 is 0. The Kier molecular flexibility index (Phi) is 5.16. The Balaban J connectivity index is 1.88. The average molecular weight is 443 g/mol. The van der Waals surface area contributed by atoms with Crippen molar-refractivity contribution in [3.05, 3.63) is 63.7 Å². The number of carboxylic acid groups (broad SMARTS) is 1. The topological polar surface area (TPSA) is 107 Å². The van der Waals surface area contributed by atoms with E-state index < -0.39 is 47.8 Å². The fraction of sp³-hybridized carbons (Fsp3) is 0.348. The lowest BCUT2D eigenvalue weighted by Gasteiger charge is -2.29. The Morgan fingerprint density at radius 1 is 1.10 bits per heavy atom. The number of hydrogen-bond acceptors (Lipinski definition) is 5. The third kappa shape index (κ3) is 3.07. The molecular weight excluding hydrogens is 420 g/mol. The maximum atomic E-state index is 13.5. The number of carboxylic acids is 1. The fourth-order valence-electron chi connectivity index (χ4n) is 4.75.